The highest BCUT2D eigenvalue weighted by molar-refractivity contribution is 8.18. The van der Waals surface area contributed by atoms with Crippen molar-refractivity contribution >= 4 is 52.2 Å². The van der Waals surface area contributed by atoms with Gasteiger partial charge in [0.1, 0.15) is 0 Å². The third kappa shape index (κ3) is 2.34. The minimum atomic E-state index is -0.337. The summed E-state index contributed by atoms with van der Waals surface area (Å²) >= 11 is 12.8. The van der Waals surface area contributed by atoms with E-state index in [0.29, 0.717) is 20.5 Å². The zero-order chi connectivity index (χ0) is 12.6. The predicted molar refractivity (Wildman–Crippen MR) is 70.2 cm³/mol. The lowest BCUT2D eigenvalue weighted by Crippen LogP contribution is -2.22. The first-order valence-electron chi connectivity index (χ1n) is 4.66. The Labute approximate surface area is 112 Å². The molecule has 0 unspecified atom stereocenters. The number of amides is 2. The van der Waals surface area contributed by atoms with Crippen molar-refractivity contribution in [3.8, 4) is 0 Å². The zero-order valence-corrected chi connectivity index (χ0v) is 11.1. The van der Waals surface area contributed by atoms with Crippen LogP contribution in [0.3, 0.4) is 0 Å². The van der Waals surface area contributed by atoms with E-state index in [1.807, 2.05) is 0 Å². The van der Waals surface area contributed by atoms with Crippen molar-refractivity contribution < 1.29 is 9.59 Å². The van der Waals surface area contributed by atoms with Crippen molar-refractivity contribution in [2.45, 2.75) is 0 Å². The first kappa shape index (κ1) is 12.5. The van der Waals surface area contributed by atoms with Crippen molar-refractivity contribution in [2.24, 2.45) is 0 Å². The molecule has 0 spiro atoms. The molecule has 0 aromatic heterocycles. The second kappa shape index (κ2) is 4.72. The van der Waals surface area contributed by atoms with Gasteiger partial charge in [-0.15, -0.1) is 0 Å². The highest BCUT2D eigenvalue weighted by Crippen LogP contribution is 2.34. The molecule has 2 rings (SSSR count). The number of hydrogen-bond acceptors (Lipinski definition) is 3. The van der Waals surface area contributed by atoms with Gasteiger partial charge in [0.2, 0.25) is 0 Å². The van der Waals surface area contributed by atoms with E-state index in [-0.39, 0.29) is 11.1 Å². The standard InChI is InChI=1S/C11H7Cl2NO2S/c1-14-10(15)9(17-11(14)16)5-6-7(12)3-2-4-8(6)13/h2-5H,1H3/b9-5+. The first-order chi connectivity index (χ1) is 8.00. The molecule has 1 heterocycles. The SMILES string of the molecule is CN1C(=O)S/C(=C/c2c(Cl)cccc2Cl)C1=O. The molecule has 6 heteroatoms. The second-order valence-electron chi connectivity index (χ2n) is 3.38. The fourth-order valence-electron chi connectivity index (χ4n) is 1.33. The Balaban J connectivity index is 2.44. The van der Waals surface area contributed by atoms with Crippen LogP contribution in [0, 0.1) is 0 Å². The van der Waals surface area contributed by atoms with Gasteiger partial charge in [0.05, 0.1) is 4.91 Å². The molecule has 0 saturated carbocycles. The van der Waals surface area contributed by atoms with Gasteiger partial charge in [0.25, 0.3) is 11.1 Å². The highest BCUT2D eigenvalue weighted by atomic mass is 35.5. The third-order valence-corrected chi connectivity index (χ3v) is 3.88. The lowest BCUT2D eigenvalue weighted by atomic mass is 10.2. The van der Waals surface area contributed by atoms with Crippen LogP contribution in [0.25, 0.3) is 6.08 Å². The largest absolute Gasteiger partial charge is 0.293 e. The zero-order valence-electron chi connectivity index (χ0n) is 8.74. The summed E-state index contributed by atoms with van der Waals surface area (Å²) in [6.07, 6.45) is 1.54. The van der Waals surface area contributed by atoms with Gasteiger partial charge >= 0.3 is 0 Å². The Morgan fingerprint density at radius 1 is 1.24 bits per heavy atom. The number of carbonyl (C=O) groups excluding carboxylic acids is 2. The maximum Gasteiger partial charge on any atom is 0.293 e. The molecular weight excluding hydrogens is 281 g/mol. The summed E-state index contributed by atoms with van der Waals surface area (Å²) in [5, 5.41) is 0.588. The molecule has 0 aliphatic carbocycles. The fraction of sp³-hybridized carbons (Fsp3) is 0.0909. The topological polar surface area (TPSA) is 37.4 Å². The number of likely N-dealkylation sites (N-methyl/N-ethyl adjacent to an activating group) is 1. The monoisotopic (exact) mass is 287 g/mol. The summed E-state index contributed by atoms with van der Waals surface area (Å²) in [6, 6.07) is 5.07. The van der Waals surface area contributed by atoms with Crippen molar-refractivity contribution in [1.29, 1.82) is 0 Å². The lowest BCUT2D eigenvalue weighted by Gasteiger charge is -2.03. The van der Waals surface area contributed by atoms with Gasteiger partial charge < -0.3 is 0 Å². The first-order valence-corrected chi connectivity index (χ1v) is 6.23. The number of benzene rings is 1. The molecule has 1 aliphatic heterocycles. The molecule has 2 amide bonds. The van der Waals surface area contributed by atoms with Crippen LogP contribution in [0.4, 0.5) is 4.79 Å². The van der Waals surface area contributed by atoms with E-state index in [4.69, 9.17) is 23.2 Å². The number of hydrogen-bond donors (Lipinski definition) is 0. The summed E-state index contributed by atoms with van der Waals surface area (Å²) in [5.41, 5.74) is 0.551. The van der Waals surface area contributed by atoms with Gasteiger partial charge in [0.15, 0.2) is 0 Å². The molecule has 1 fully saturated rings. The Kier molecular flexibility index (Phi) is 3.47. The minimum absolute atomic E-state index is 0.301. The molecular formula is C11H7Cl2NO2S. The van der Waals surface area contributed by atoms with Crippen LogP contribution in [0.1, 0.15) is 5.56 Å². The molecule has 88 valence electrons. The number of rotatable bonds is 1. The van der Waals surface area contributed by atoms with Gasteiger partial charge in [-0.1, -0.05) is 29.3 Å². The molecule has 0 radical (unpaired) electrons. The maximum atomic E-state index is 11.7. The van der Waals surface area contributed by atoms with Crippen LogP contribution >= 0.6 is 35.0 Å². The van der Waals surface area contributed by atoms with Gasteiger partial charge in [-0.3, -0.25) is 14.5 Å². The van der Waals surface area contributed by atoms with E-state index in [2.05, 4.69) is 0 Å². The molecule has 1 aromatic carbocycles. The molecule has 1 saturated heterocycles. The van der Waals surface area contributed by atoms with Crippen molar-refractivity contribution in [3.63, 3.8) is 0 Å². The van der Waals surface area contributed by atoms with Crippen LogP contribution in [0.5, 0.6) is 0 Å². The summed E-state index contributed by atoms with van der Waals surface area (Å²) in [5.74, 6) is -0.337. The van der Waals surface area contributed by atoms with Gasteiger partial charge in [-0.25, -0.2) is 0 Å². The van der Waals surface area contributed by atoms with Gasteiger partial charge in [0, 0.05) is 22.7 Å². The average molecular weight is 288 g/mol. The van der Waals surface area contributed by atoms with Crippen molar-refractivity contribution in [2.75, 3.05) is 7.05 Å². The van der Waals surface area contributed by atoms with Crippen LogP contribution < -0.4 is 0 Å². The number of imide groups is 1. The van der Waals surface area contributed by atoms with Crippen LogP contribution in [-0.4, -0.2) is 23.1 Å². The number of thioether (sulfide) groups is 1. The van der Waals surface area contributed by atoms with E-state index in [1.165, 1.54) is 7.05 Å². The molecule has 1 aliphatic rings. The summed E-state index contributed by atoms with van der Waals surface area (Å²) in [4.78, 5) is 24.4. The maximum absolute atomic E-state index is 11.7. The van der Waals surface area contributed by atoms with Gasteiger partial charge in [-0.2, -0.15) is 0 Å². The third-order valence-electron chi connectivity index (χ3n) is 2.26. The fourth-order valence-corrected chi connectivity index (χ4v) is 2.64. The van der Waals surface area contributed by atoms with Crippen LogP contribution in [0.2, 0.25) is 10.0 Å². The summed E-state index contributed by atoms with van der Waals surface area (Å²) in [7, 11) is 1.44. The molecule has 0 bridgehead atoms. The van der Waals surface area contributed by atoms with E-state index < -0.39 is 0 Å². The minimum Gasteiger partial charge on any atom is -0.272 e. The second-order valence-corrected chi connectivity index (χ2v) is 5.18. The smallest absolute Gasteiger partial charge is 0.272 e. The van der Waals surface area contributed by atoms with E-state index >= 15 is 0 Å². The van der Waals surface area contributed by atoms with Crippen molar-refractivity contribution in [1.82, 2.24) is 4.90 Å². The Morgan fingerprint density at radius 3 is 2.29 bits per heavy atom. The molecule has 0 N–H and O–H groups in total. The lowest BCUT2D eigenvalue weighted by molar-refractivity contribution is -0.121. The highest BCUT2D eigenvalue weighted by Gasteiger charge is 2.32. The molecule has 17 heavy (non-hydrogen) atoms. The van der Waals surface area contributed by atoms with Gasteiger partial charge in [-0.05, 0) is 30.0 Å². The van der Waals surface area contributed by atoms with E-state index in [1.54, 1.807) is 24.3 Å². The number of carbonyl (C=O) groups is 2. The number of nitrogens with zero attached hydrogens (tertiary/aromatic N) is 1. The Hall–Kier alpha value is -0.970. The quantitative estimate of drug-likeness (QED) is 0.740. The summed E-state index contributed by atoms with van der Waals surface area (Å²) < 4.78 is 0. The van der Waals surface area contributed by atoms with E-state index in [9.17, 15) is 9.59 Å². The summed E-state index contributed by atoms with van der Waals surface area (Å²) in [6.45, 7) is 0. The van der Waals surface area contributed by atoms with Crippen molar-refractivity contribution in [3.05, 3.63) is 38.7 Å². The normalized spacial score (nSPS) is 18.3. The molecule has 0 atom stereocenters. The molecule has 3 nitrogen and oxygen atoms in total. The predicted octanol–water partition coefficient (Wildman–Crippen LogP) is 3.66. The van der Waals surface area contributed by atoms with E-state index in [0.717, 1.165) is 16.7 Å². The molecule has 1 aromatic rings. The van der Waals surface area contributed by atoms with Crippen LogP contribution in [0.15, 0.2) is 23.1 Å². The van der Waals surface area contributed by atoms with Crippen LogP contribution in [-0.2, 0) is 4.79 Å². The Bertz CT molecular complexity index is 522. The average Bonchev–Trinajstić information content (AvgIpc) is 2.52. The number of halogens is 2. The Morgan fingerprint density at radius 2 is 1.82 bits per heavy atom.